The summed E-state index contributed by atoms with van der Waals surface area (Å²) in [6.45, 7) is 7.28. The molecule has 0 unspecified atom stereocenters. The molecule has 2 N–H and O–H groups in total. The van der Waals surface area contributed by atoms with E-state index < -0.39 is 0 Å². The maximum atomic E-state index is 5.85. The first-order valence-electron chi connectivity index (χ1n) is 7.21. The van der Waals surface area contributed by atoms with Crippen molar-refractivity contribution in [3.8, 4) is 0 Å². The molecule has 0 saturated heterocycles. The second-order valence-electron chi connectivity index (χ2n) is 4.88. The van der Waals surface area contributed by atoms with E-state index in [1.54, 1.807) is 7.11 Å². The smallest absolute Gasteiger partial charge is 0.232 e. The molecule has 1 aliphatic carbocycles. The zero-order chi connectivity index (χ0) is 14.5. The first-order chi connectivity index (χ1) is 9.69. The highest BCUT2D eigenvalue weighted by molar-refractivity contribution is 5.45. The quantitative estimate of drug-likeness (QED) is 0.758. The SMILES string of the molecule is CCN(CC)c1nc(N)nc(N(CCOC)C2CC2)n1. The van der Waals surface area contributed by atoms with Crippen molar-refractivity contribution >= 4 is 17.8 Å². The molecule has 0 amide bonds. The summed E-state index contributed by atoms with van der Waals surface area (Å²) in [6, 6.07) is 0.511. The van der Waals surface area contributed by atoms with E-state index in [-0.39, 0.29) is 5.95 Å². The van der Waals surface area contributed by atoms with Gasteiger partial charge in [0, 0.05) is 32.8 Å². The van der Waals surface area contributed by atoms with Gasteiger partial charge in [-0.15, -0.1) is 0 Å². The standard InChI is InChI=1S/C13H24N6O/c1-4-18(5-2)12-15-11(14)16-13(17-12)19(8-9-20-3)10-6-7-10/h10H,4-9H2,1-3H3,(H2,14,15,16,17). The predicted molar refractivity (Wildman–Crippen MR) is 80.0 cm³/mol. The van der Waals surface area contributed by atoms with Crippen LogP contribution in [0.1, 0.15) is 26.7 Å². The third kappa shape index (κ3) is 3.47. The molecule has 1 aliphatic rings. The first kappa shape index (κ1) is 14.8. The zero-order valence-electron chi connectivity index (χ0n) is 12.5. The van der Waals surface area contributed by atoms with Crippen molar-refractivity contribution in [3.05, 3.63) is 0 Å². The molecule has 0 atom stereocenters. The van der Waals surface area contributed by atoms with Crippen LogP contribution in [0, 0.1) is 0 Å². The van der Waals surface area contributed by atoms with Crippen LogP contribution < -0.4 is 15.5 Å². The molecule has 7 heteroatoms. The highest BCUT2D eigenvalue weighted by Gasteiger charge is 2.31. The number of hydrogen-bond acceptors (Lipinski definition) is 7. The van der Waals surface area contributed by atoms with Crippen molar-refractivity contribution in [2.24, 2.45) is 0 Å². The molecule has 1 heterocycles. The Bertz CT molecular complexity index is 433. The van der Waals surface area contributed by atoms with Gasteiger partial charge in [0.1, 0.15) is 0 Å². The lowest BCUT2D eigenvalue weighted by Crippen LogP contribution is -2.33. The van der Waals surface area contributed by atoms with Gasteiger partial charge in [-0.3, -0.25) is 0 Å². The zero-order valence-corrected chi connectivity index (χ0v) is 12.5. The molecular weight excluding hydrogens is 256 g/mol. The number of ether oxygens (including phenoxy) is 1. The second kappa shape index (κ2) is 6.69. The van der Waals surface area contributed by atoms with E-state index in [2.05, 4.69) is 38.6 Å². The van der Waals surface area contributed by atoms with Crippen LogP contribution in [0.5, 0.6) is 0 Å². The van der Waals surface area contributed by atoms with Crippen molar-refractivity contribution in [2.45, 2.75) is 32.7 Å². The number of nitrogen functional groups attached to an aromatic ring is 1. The summed E-state index contributed by atoms with van der Waals surface area (Å²) in [5.41, 5.74) is 5.85. The average Bonchev–Trinajstić information content (AvgIpc) is 3.25. The minimum Gasteiger partial charge on any atom is -0.383 e. The Balaban J connectivity index is 2.24. The molecule has 0 spiro atoms. The fraction of sp³-hybridized carbons (Fsp3) is 0.769. The lowest BCUT2D eigenvalue weighted by atomic mass is 10.5. The Hall–Kier alpha value is -1.63. The lowest BCUT2D eigenvalue weighted by Gasteiger charge is -2.24. The maximum Gasteiger partial charge on any atom is 0.232 e. The van der Waals surface area contributed by atoms with Gasteiger partial charge in [-0.05, 0) is 26.7 Å². The van der Waals surface area contributed by atoms with Crippen molar-refractivity contribution in [1.29, 1.82) is 0 Å². The monoisotopic (exact) mass is 280 g/mol. The van der Waals surface area contributed by atoms with Crippen LogP contribution in [0.2, 0.25) is 0 Å². The number of rotatable bonds is 8. The largest absolute Gasteiger partial charge is 0.383 e. The van der Waals surface area contributed by atoms with Gasteiger partial charge < -0.3 is 20.3 Å². The Morgan fingerprint density at radius 1 is 1.15 bits per heavy atom. The minimum atomic E-state index is 0.278. The van der Waals surface area contributed by atoms with Crippen molar-refractivity contribution < 1.29 is 4.74 Å². The summed E-state index contributed by atoms with van der Waals surface area (Å²) in [5.74, 6) is 1.60. The molecule has 0 bridgehead atoms. The van der Waals surface area contributed by atoms with Gasteiger partial charge in [-0.1, -0.05) is 0 Å². The van der Waals surface area contributed by atoms with E-state index in [0.29, 0.717) is 24.5 Å². The fourth-order valence-electron chi connectivity index (χ4n) is 2.17. The van der Waals surface area contributed by atoms with Crippen LogP contribution in [0.3, 0.4) is 0 Å². The van der Waals surface area contributed by atoms with Crippen LogP contribution >= 0.6 is 0 Å². The minimum absolute atomic E-state index is 0.278. The molecule has 1 saturated carbocycles. The Morgan fingerprint density at radius 3 is 2.35 bits per heavy atom. The van der Waals surface area contributed by atoms with E-state index in [0.717, 1.165) is 19.6 Å². The van der Waals surface area contributed by atoms with Crippen LogP contribution in [-0.4, -0.2) is 54.3 Å². The summed E-state index contributed by atoms with van der Waals surface area (Å²) in [6.07, 6.45) is 2.35. The molecule has 112 valence electrons. The molecule has 0 radical (unpaired) electrons. The van der Waals surface area contributed by atoms with Gasteiger partial charge in [0.15, 0.2) is 0 Å². The topological polar surface area (TPSA) is 80.4 Å². The molecule has 7 nitrogen and oxygen atoms in total. The van der Waals surface area contributed by atoms with Gasteiger partial charge >= 0.3 is 0 Å². The Morgan fingerprint density at radius 2 is 1.80 bits per heavy atom. The van der Waals surface area contributed by atoms with Crippen molar-refractivity contribution in [2.75, 3.05) is 48.9 Å². The average molecular weight is 280 g/mol. The van der Waals surface area contributed by atoms with E-state index in [1.807, 2.05) is 0 Å². The van der Waals surface area contributed by atoms with E-state index in [4.69, 9.17) is 10.5 Å². The van der Waals surface area contributed by atoms with Crippen LogP contribution in [0.25, 0.3) is 0 Å². The fourth-order valence-corrected chi connectivity index (χ4v) is 2.17. The first-order valence-corrected chi connectivity index (χ1v) is 7.21. The summed E-state index contributed by atoms with van der Waals surface area (Å²) in [4.78, 5) is 17.4. The summed E-state index contributed by atoms with van der Waals surface area (Å²) in [7, 11) is 1.70. The molecule has 1 fully saturated rings. The molecular formula is C13H24N6O. The van der Waals surface area contributed by atoms with Gasteiger partial charge in [0.2, 0.25) is 17.8 Å². The van der Waals surface area contributed by atoms with Crippen LogP contribution in [0.15, 0.2) is 0 Å². The van der Waals surface area contributed by atoms with Gasteiger partial charge in [-0.25, -0.2) is 0 Å². The molecule has 1 aromatic heterocycles. The number of aromatic nitrogens is 3. The summed E-state index contributed by atoms with van der Waals surface area (Å²) >= 11 is 0. The lowest BCUT2D eigenvalue weighted by molar-refractivity contribution is 0.204. The van der Waals surface area contributed by atoms with Crippen molar-refractivity contribution in [1.82, 2.24) is 15.0 Å². The Kier molecular flexibility index (Phi) is 4.94. The second-order valence-corrected chi connectivity index (χ2v) is 4.88. The van der Waals surface area contributed by atoms with Crippen LogP contribution in [-0.2, 0) is 4.74 Å². The van der Waals surface area contributed by atoms with Gasteiger partial charge in [-0.2, -0.15) is 15.0 Å². The van der Waals surface area contributed by atoms with E-state index in [1.165, 1.54) is 12.8 Å². The van der Waals surface area contributed by atoms with Gasteiger partial charge in [0.25, 0.3) is 0 Å². The normalized spacial score (nSPS) is 14.3. The summed E-state index contributed by atoms with van der Waals surface area (Å²) < 4.78 is 5.17. The molecule has 1 aromatic rings. The molecule has 0 aliphatic heterocycles. The number of nitrogens with two attached hydrogens (primary N) is 1. The predicted octanol–water partition coefficient (Wildman–Crippen LogP) is 0.915. The number of nitrogens with zero attached hydrogens (tertiary/aromatic N) is 5. The number of methoxy groups -OCH3 is 1. The van der Waals surface area contributed by atoms with E-state index in [9.17, 15) is 0 Å². The Labute approximate surface area is 120 Å². The van der Waals surface area contributed by atoms with Gasteiger partial charge in [0.05, 0.1) is 6.61 Å². The number of hydrogen-bond donors (Lipinski definition) is 1. The van der Waals surface area contributed by atoms with E-state index >= 15 is 0 Å². The highest BCUT2D eigenvalue weighted by Crippen LogP contribution is 2.30. The third-order valence-electron chi connectivity index (χ3n) is 3.46. The third-order valence-corrected chi connectivity index (χ3v) is 3.46. The maximum absolute atomic E-state index is 5.85. The highest BCUT2D eigenvalue weighted by atomic mass is 16.5. The van der Waals surface area contributed by atoms with Crippen LogP contribution in [0.4, 0.5) is 17.8 Å². The molecule has 2 rings (SSSR count). The molecule has 0 aromatic carbocycles. The molecule has 20 heavy (non-hydrogen) atoms. The summed E-state index contributed by atoms with van der Waals surface area (Å²) in [5, 5.41) is 0. The number of anilines is 3. The van der Waals surface area contributed by atoms with Crippen molar-refractivity contribution in [3.63, 3.8) is 0 Å².